The molecule has 1 aliphatic rings. The monoisotopic (exact) mass is 435 g/mol. The topological polar surface area (TPSA) is 122 Å². The Morgan fingerprint density at radius 2 is 2.19 bits per heavy atom. The van der Waals surface area contributed by atoms with Crippen LogP contribution in [0.5, 0.6) is 5.88 Å². The molecule has 4 heterocycles. The molecule has 0 unspecified atom stereocenters. The highest BCUT2D eigenvalue weighted by molar-refractivity contribution is 5.69. The minimum Gasteiger partial charge on any atom is -0.472 e. The first-order valence-corrected chi connectivity index (χ1v) is 10.4. The van der Waals surface area contributed by atoms with E-state index in [4.69, 9.17) is 9.84 Å². The van der Waals surface area contributed by atoms with Crippen LogP contribution in [-0.4, -0.2) is 55.5 Å². The smallest absolute Gasteiger partial charge is 0.286 e. The lowest BCUT2D eigenvalue weighted by Crippen LogP contribution is -2.31. The summed E-state index contributed by atoms with van der Waals surface area (Å²) in [5, 5.41) is 27.1. The number of aromatic nitrogens is 5. The fraction of sp³-hybridized carbons (Fsp3) is 0.409. The zero-order chi connectivity index (χ0) is 22.8. The number of rotatable bonds is 6. The van der Waals surface area contributed by atoms with Crippen LogP contribution < -0.4 is 15.2 Å². The lowest BCUT2D eigenvalue weighted by molar-refractivity contribution is 0.216. The minimum absolute atomic E-state index is 0.0248. The predicted octanol–water partition coefficient (Wildman–Crippen LogP) is 1.18. The molecular formula is C22H25N7O3. The Labute approximate surface area is 185 Å². The van der Waals surface area contributed by atoms with Gasteiger partial charge in [-0.3, -0.25) is 9.48 Å². The summed E-state index contributed by atoms with van der Waals surface area (Å²) in [6.45, 7) is 4.98. The van der Waals surface area contributed by atoms with Crippen molar-refractivity contribution in [1.29, 1.82) is 5.26 Å². The summed E-state index contributed by atoms with van der Waals surface area (Å²) < 4.78 is 9.10. The summed E-state index contributed by atoms with van der Waals surface area (Å²) in [7, 11) is 1.92. The number of pyridine rings is 1. The number of nitrogens with zero attached hydrogens (tertiary/aromatic N) is 7. The summed E-state index contributed by atoms with van der Waals surface area (Å²) in [4.78, 5) is 18.8. The molecule has 0 saturated carbocycles. The van der Waals surface area contributed by atoms with E-state index < -0.39 is 5.56 Å². The molecule has 1 fully saturated rings. The number of aryl methyl sites for hydroxylation is 2. The van der Waals surface area contributed by atoms with Gasteiger partial charge >= 0.3 is 0 Å². The van der Waals surface area contributed by atoms with Gasteiger partial charge in [0.1, 0.15) is 17.7 Å². The van der Waals surface area contributed by atoms with Gasteiger partial charge in [-0.2, -0.15) is 15.5 Å². The van der Waals surface area contributed by atoms with Crippen molar-refractivity contribution in [3.63, 3.8) is 0 Å². The van der Waals surface area contributed by atoms with Crippen LogP contribution in [0.4, 0.5) is 5.69 Å². The Kier molecular flexibility index (Phi) is 5.92. The normalized spacial score (nSPS) is 15.7. The van der Waals surface area contributed by atoms with E-state index >= 15 is 0 Å². The highest BCUT2D eigenvalue weighted by Crippen LogP contribution is 2.29. The van der Waals surface area contributed by atoms with E-state index in [2.05, 4.69) is 15.2 Å². The molecule has 1 atom stereocenters. The van der Waals surface area contributed by atoms with E-state index in [0.29, 0.717) is 24.7 Å². The molecule has 0 bridgehead atoms. The second-order valence-electron chi connectivity index (χ2n) is 7.80. The van der Waals surface area contributed by atoms with Crippen molar-refractivity contribution < 1.29 is 9.84 Å². The molecule has 10 heteroatoms. The summed E-state index contributed by atoms with van der Waals surface area (Å²) in [6, 6.07) is 5.84. The molecule has 3 aromatic heterocycles. The van der Waals surface area contributed by atoms with Gasteiger partial charge in [0.2, 0.25) is 5.88 Å². The molecule has 0 radical (unpaired) electrons. The van der Waals surface area contributed by atoms with Crippen molar-refractivity contribution in [2.75, 3.05) is 24.6 Å². The molecule has 1 saturated heterocycles. The minimum atomic E-state index is -0.500. The molecule has 0 spiro atoms. The molecule has 32 heavy (non-hydrogen) atoms. The average molecular weight is 435 g/mol. The highest BCUT2D eigenvalue weighted by Gasteiger charge is 2.28. The Bertz CT molecular complexity index is 1240. The first-order chi connectivity index (χ1) is 15.4. The number of hydrogen-bond donors (Lipinski definition) is 1. The van der Waals surface area contributed by atoms with Crippen molar-refractivity contribution in [2.24, 2.45) is 7.05 Å². The molecule has 3 aromatic rings. The molecule has 4 rings (SSSR count). The third kappa shape index (κ3) is 3.94. The Hall–Kier alpha value is -3.71. The molecular weight excluding hydrogens is 410 g/mol. The van der Waals surface area contributed by atoms with Gasteiger partial charge < -0.3 is 14.7 Å². The van der Waals surface area contributed by atoms with Gasteiger partial charge in [-0.15, -0.1) is 0 Å². The lowest BCUT2D eigenvalue weighted by atomic mass is 10.1. The van der Waals surface area contributed by atoms with E-state index in [1.807, 2.05) is 48.7 Å². The third-order valence-corrected chi connectivity index (χ3v) is 5.75. The van der Waals surface area contributed by atoms with Crippen LogP contribution in [0.2, 0.25) is 0 Å². The zero-order valence-corrected chi connectivity index (χ0v) is 18.3. The Morgan fingerprint density at radius 3 is 2.88 bits per heavy atom. The van der Waals surface area contributed by atoms with E-state index in [0.717, 1.165) is 33.6 Å². The second kappa shape index (κ2) is 8.80. The molecule has 0 aromatic carbocycles. The van der Waals surface area contributed by atoms with Crippen LogP contribution in [0.15, 0.2) is 29.3 Å². The second-order valence-corrected chi connectivity index (χ2v) is 7.80. The van der Waals surface area contributed by atoms with Gasteiger partial charge in [0.15, 0.2) is 0 Å². The first-order valence-electron chi connectivity index (χ1n) is 10.4. The standard InChI is InChI=1S/C22H25N7O3/c1-14-21(15(2)27(3)26-14)16-4-6-24-20(10-16)32-17-5-7-28(13-17)19-12-25-29(8-9-30)22(31)18(19)11-23/h4,6,10,12,17,30H,5,7-9,13H2,1-3H3/t17-/m1/s1. The van der Waals surface area contributed by atoms with E-state index in [9.17, 15) is 10.1 Å². The van der Waals surface area contributed by atoms with Crippen LogP contribution in [0.1, 0.15) is 23.4 Å². The van der Waals surface area contributed by atoms with E-state index in [1.165, 1.54) is 6.20 Å². The molecule has 1 N–H and O–H groups in total. The largest absolute Gasteiger partial charge is 0.472 e. The van der Waals surface area contributed by atoms with Crippen LogP contribution in [0.25, 0.3) is 11.1 Å². The fourth-order valence-electron chi connectivity index (χ4n) is 4.11. The van der Waals surface area contributed by atoms with Gasteiger partial charge in [0, 0.05) is 43.5 Å². The molecule has 0 aliphatic carbocycles. The third-order valence-electron chi connectivity index (χ3n) is 5.75. The number of nitriles is 1. The molecule has 166 valence electrons. The maximum Gasteiger partial charge on any atom is 0.286 e. The van der Waals surface area contributed by atoms with Gasteiger partial charge in [-0.25, -0.2) is 9.67 Å². The fourth-order valence-corrected chi connectivity index (χ4v) is 4.11. The maximum absolute atomic E-state index is 12.5. The Balaban J connectivity index is 1.52. The summed E-state index contributed by atoms with van der Waals surface area (Å²) >= 11 is 0. The van der Waals surface area contributed by atoms with Crippen molar-refractivity contribution in [3.8, 4) is 23.1 Å². The summed E-state index contributed by atoms with van der Waals surface area (Å²) in [5.41, 5.74) is 4.09. The van der Waals surface area contributed by atoms with Crippen molar-refractivity contribution in [2.45, 2.75) is 32.9 Å². The number of aliphatic hydroxyl groups is 1. The first kappa shape index (κ1) is 21.5. The van der Waals surface area contributed by atoms with Crippen molar-refractivity contribution in [3.05, 3.63) is 51.8 Å². The Morgan fingerprint density at radius 1 is 1.38 bits per heavy atom. The van der Waals surface area contributed by atoms with Crippen molar-refractivity contribution >= 4 is 5.69 Å². The van der Waals surface area contributed by atoms with Crippen molar-refractivity contribution in [1.82, 2.24) is 24.5 Å². The zero-order valence-electron chi connectivity index (χ0n) is 18.3. The van der Waals surface area contributed by atoms with Crippen LogP contribution in [0, 0.1) is 25.2 Å². The van der Waals surface area contributed by atoms with E-state index in [-0.39, 0.29) is 24.8 Å². The number of ether oxygens (including phenoxy) is 1. The highest BCUT2D eigenvalue weighted by atomic mass is 16.5. The molecule has 0 amide bonds. The van der Waals surface area contributed by atoms with Crippen LogP contribution in [-0.2, 0) is 13.6 Å². The predicted molar refractivity (Wildman–Crippen MR) is 117 cm³/mol. The van der Waals surface area contributed by atoms with Gasteiger partial charge in [-0.05, 0) is 25.5 Å². The number of hydrogen-bond acceptors (Lipinski definition) is 8. The van der Waals surface area contributed by atoms with Gasteiger partial charge in [0.25, 0.3) is 5.56 Å². The lowest BCUT2D eigenvalue weighted by Gasteiger charge is -2.20. The molecule has 1 aliphatic heterocycles. The molecule has 10 nitrogen and oxygen atoms in total. The number of anilines is 1. The summed E-state index contributed by atoms with van der Waals surface area (Å²) in [6.07, 6.45) is 3.81. The van der Waals surface area contributed by atoms with E-state index in [1.54, 1.807) is 6.20 Å². The van der Waals surface area contributed by atoms with Gasteiger partial charge in [0.05, 0.1) is 37.3 Å². The SMILES string of the molecule is Cc1nn(C)c(C)c1-c1ccnc(O[C@@H]2CCN(c3cnn(CCO)c(=O)c3C#N)C2)c1. The average Bonchev–Trinajstić information content (AvgIpc) is 3.33. The van der Waals surface area contributed by atoms with Crippen LogP contribution >= 0.6 is 0 Å². The van der Waals surface area contributed by atoms with Crippen LogP contribution in [0.3, 0.4) is 0 Å². The van der Waals surface area contributed by atoms with Gasteiger partial charge in [-0.1, -0.05) is 0 Å². The quantitative estimate of drug-likeness (QED) is 0.612. The maximum atomic E-state index is 12.5. The summed E-state index contributed by atoms with van der Waals surface area (Å²) in [5.74, 6) is 0.522. The number of aliphatic hydroxyl groups excluding tert-OH is 1.